The van der Waals surface area contributed by atoms with Gasteiger partial charge in [-0.1, -0.05) is 13.0 Å². The average Bonchev–Trinajstić information content (AvgIpc) is 2.83. The molecule has 2 atom stereocenters. The zero-order valence-corrected chi connectivity index (χ0v) is 11.3. The first-order valence-corrected chi connectivity index (χ1v) is 6.98. The number of carbonyl (C=O) groups is 1. The molecule has 1 fully saturated rings. The van der Waals surface area contributed by atoms with E-state index in [-0.39, 0.29) is 12.0 Å². The molecule has 0 spiro atoms. The molecule has 1 amide bonds. The molecule has 19 heavy (non-hydrogen) atoms. The van der Waals surface area contributed by atoms with Gasteiger partial charge in [-0.05, 0) is 42.9 Å². The molecule has 2 heterocycles. The first-order valence-electron chi connectivity index (χ1n) is 6.98. The van der Waals surface area contributed by atoms with Crippen molar-refractivity contribution in [1.82, 2.24) is 0 Å². The fourth-order valence-electron chi connectivity index (χ4n) is 2.99. The molecule has 0 saturated carbocycles. The van der Waals surface area contributed by atoms with E-state index in [0.717, 1.165) is 31.5 Å². The molecule has 102 valence electrons. The number of amides is 1. The lowest BCUT2D eigenvalue weighted by Gasteiger charge is -2.32. The molecule has 0 aromatic heterocycles. The summed E-state index contributed by atoms with van der Waals surface area (Å²) in [5, 5.41) is 0. The predicted molar refractivity (Wildman–Crippen MR) is 75.0 cm³/mol. The smallest absolute Gasteiger partial charge is 0.256 e. The van der Waals surface area contributed by atoms with Crippen molar-refractivity contribution in [2.24, 2.45) is 5.92 Å². The maximum atomic E-state index is 12.6. The van der Waals surface area contributed by atoms with Gasteiger partial charge in [0.15, 0.2) is 0 Å². The minimum Gasteiger partial charge on any atom is -0.399 e. The third-order valence-electron chi connectivity index (χ3n) is 4.12. The van der Waals surface area contributed by atoms with Crippen LogP contribution in [0.25, 0.3) is 0 Å². The molecule has 3 rings (SSSR count). The van der Waals surface area contributed by atoms with Gasteiger partial charge in [0.05, 0.1) is 0 Å². The summed E-state index contributed by atoms with van der Waals surface area (Å²) >= 11 is 0. The Morgan fingerprint density at radius 3 is 3.05 bits per heavy atom. The molecular weight excluding hydrogens is 240 g/mol. The fraction of sp³-hybridized carbons (Fsp3) is 0.533. The highest BCUT2D eigenvalue weighted by atomic mass is 16.5. The number of hydrogen-bond donors (Lipinski definition) is 1. The number of hydrogen-bond acceptors (Lipinski definition) is 3. The molecule has 0 aliphatic carbocycles. The van der Waals surface area contributed by atoms with Crippen molar-refractivity contribution >= 4 is 17.3 Å². The lowest BCUT2D eigenvalue weighted by molar-refractivity contribution is -0.128. The summed E-state index contributed by atoms with van der Waals surface area (Å²) in [4.78, 5) is 14.5. The molecule has 4 nitrogen and oxygen atoms in total. The summed E-state index contributed by atoms with van der Waals surface area (Å²) in [6.45, 7) is 3.54. The van der Waals surface area contributed by atoms with Crippen LogP contribution >= 0.6 is 0 Å². The Hall–Kier alpha value is -1.55. The molecule has 1 aromatic carbocycles. The Kier molecular flexibility index (Phi) is 3.19. The average molecular weight is 260 g/mol. The molecule has 2 aliphatic heterocycles. The van der Waals surface area contributed by atoms with Crippen LogP contribution in [0.2, 0.25) is 0 Å². The van der Waals surface area contributed by atoms with Crippen LogP contribution in [-0.4, -0.2) is 25.2 Å². The zero-order chi connectivity index (χ0) is 13.4. The molecule has 4 heteroatoms. The van der Waals surface area contributed by atoms with Crippen LogP contribution in [0, 0.1) is 5.92 Å². The van der Waals surface area contributed by atoms with Gasteiger partial charge < -0.3 is 15.4 Å². The highest BCUT2D eigenvalue weighted by Crippen LogP contribution is 2.32. The van der Waals surface area contributed by atoms with Crippen molar-refractivity contribution < 1.29 is 9.53 Å². The lowest BCUT2D eigenvalue weighted by Crippen LogP contribution is -2.43. The van der Waals surface area contributed by atoms with E-state index in [1.807, 2.05) is 23.1 Å². The number of anilines is 2. The summed E-state index contributed by atoms with van der Waals surface area (Å²) < 4.78 is 5.60. The van der Waals surface area contributed by atoms with Crippen LogP contribution in [0.1, 0.15) is 25.3 Å². The van der Waals surface area contributed by atoms with Gasteiger partial charge in [-0.25, -0.2) is 0 Å². The number of fused-ring (bicyclic) bond motifs is 1. The topological polar surface area (TPSA) is 55.6 Å². The van der Waals surface area contributed by atoms with Gasteiger partial charge in [0.25, 0.3) is 5.91 Å². The Morgan fingerprint density at radius 2 is 2.32 bits per heavy atom. The zero-order valence-electron chi connectivity index (χ0n) is 11.3. The Labute approximate surface area is 113 Å². The maximum absolute atomic E-state index is 12.6. The minimum absolute atomic E-state index is 0.0940. The van der Waals surface area contributed by atoms with Gasteiger partial charge in [0.2, 0.25) is 0 Å². The highest BCUT2D eigenvalue weighted by molar-refractivity contribution is 5.98. The van der Waals surface area contributed by atoms with Crippen molar-refractivity contribution in [2.45, 2.75) is 32.3 Å². The van der Waals surface area contributed by atoms with E-state index < -0.39 is 0 Å². The van der Waals surface area contributed by atoms with Crippen LogP contribution < -0.4 is 10.6 Å². The fourth-order valence-corrected chi connectivity index (χ4v) is 2.99. The van der Waals surface area contributed by atoms with E-state index in [1.165, 1.54) is 5.56 Å². The van der Waals surface area contributed by atoms with E-state index in [9.17, 15) is 4.79 Å². The summed E-state index contributed by atoms with van der Waals surface area (Å²) in [7, 11) is 0. The number of nitrogens with two attached hydrogens (primary N) is 1. The first-order chi connectivity index (χ1) is 9.16. The van der Waals surface area contributed by atoms with E-state index in [1.54, 1.807) is 0 Å². The molecule has 2 aliphatic rings. The largest absolute Gasteiger partial charge is 0.399 e. The number of carbonyl (C=O) groups excluding carboxylic acids is 1. The second kappa shape index (κ2) is 4.85. The van der Waals surface area contributed by atoms with E-state index >= 15 is 0 Å². The lowest BCUT2D eigenvalue weighted by atomic mass is 9.98. The second-order valence-corrected chi connectivity index (χ2v) is 5.54. The van der Waals surface area contributed by atoms with Crippen molar-refractivity contribution in [2.75, 3.05) is 23.8 Å². The van der Waals surface area contributed by atoms with Gasteiger partial charge in [-0.3, -0.25) is 4.79 Å². The third-order valence-corrected chi connectivity index (χ3v) is 4.12. The molecular formula is C15H20N2O2. The van der Waals surface area contributed by atoms with Crippen molar-refractivity contribution in [3.8, 4) is 0 Å². The van der Waals surface area contributed by atoms with Gasteiger partial charge in [0.1, 0.15) is 6.10 Å². The van der Waals surface area contributed by atoms with Crippen LogP contribution in [-0.2, 0) is 16.0 Å². The molecule has 2 N–H and O–H groups in total. The summed E-state index contributed by atoms with van der Waals surface area (Å²) in [6, 6.07) is 5.84. The third kappa shape index (κ3) is 2.21. The number of rotatable bonds is 1. The number of ether oxygens (including phenoxy) is 1. The van der Waals surface area contributed by atoms with Crippen LogP contribution in [0.4, 0.5) is 11.4 Å². The molecule has 1 aromatic rings. The summed E-state index contributed by atoms with van der Waals surface area (Å²) in [6.07, 6.45) is 2.70. The van der Waals surface area contributed by atoms with Gasteiger partial charge in [0, 0.05) is 24.5 Å². The second-order valence-electron chi connectivity index (χ2n) is 5.54. The normalized spacial score (nSPS) is 26.3. The standard InChI is InChI=1S/C15H20N2O2/c1-10-6-8-19-14(10)15(18)17-7-2-3-11-4-5-12(16)9-13(11)17/h4-5,9-10,14H,2-3,6-8,16H2,1H3. The molecule has 0 radical (unpaired) electrons. The van der Waals surface area contributed by atoms with Crippen molar-refractivity contribution in [3.63, 3.8) is 0 Å². The Bertz CT molecular complexity index is 501. The molecule has 1 saturated heterocycles. The number of nitrogen functional groups attached to an aromatic ring is 1. The number of aryl methyl sites for hydroxylation is 1. The molecule has 0 bridgehead atoms. The predicted octanol–water partition coefficient (Wildman–Crippen LogP) is 1.97. The van der Waals surface area contributed by atoms with Gasteiger partial charge in [-0.15, -0.1) is 0 Å². The number of benzene rings is 1. The quantitative estimate of drug-likeness (QED) is 0.785. The first kappa shape index (κ1) is 12.5. The van der Waals surface area contributed by atoms with Gasteiger partial charge in [-0.2, -0.15) is 0 Å². The SMILES string of the molecule is CC1CCOC1C(=O)N1CCCc2ccc(N)cc21. The van der Waals surface area contributed by atoms with E-state index in [4.69, 9.17) is 10.5 Å². The van der Waals surface area contributed by atoms with E-state index in [2.05, 4.69) is 6.92 Å². The summed E-state index contributed by atoms with van der Waals surface area (Å²) in [5.74, 6) is 0.399. The minimum atomic E-state index is -0.285. The monoisotopic (exact) mass is 260 g/mol. The van der Waals surface area contributed by atoms with Crippen LogP contribution in [0.15, 0.2) is 18.2 Å². The van der Waals surface area contributed by atoms with Crippen molar-refractivity contribution in [1.29, 1.82) is 0 Å². The highest BCUT2D eigenvalue weighted by Gasteiger charge is 2.35. The maximum Gasteiger partial charge on any atom is 0.256 e. The number of nitrogens with zero attached hydrogens (tertiary/aromatic N) is 1. The van der Waals surface area contributed by atoms with Crippen molar-refractivity contribution in [3.05, 3.63) is 23.8 Å². The van der Waals surface area contributed by atoms with Crippen LogP contribution in [0.3, 0.4) is 0 Å². The molecule has 2 unspecified atom stereocenters. The Morgan fingerprint density at radius 1 is 1.47 bits per heavy atom. The van der Waals surface area contributed by atoms with Crippen LogP contribution in [0.5, 0.6) is 0 Å². The summed E-state index contributed by atoms with van der Waals surface area (Å²) in [5.41, 5.74) is 8.74. The van der Waals surface area contributed by atoms with E-state index in [0.29, 0.717) is 18.2 Å². The van der Waals surface area contributed by atoms with Gasteiger partial charge >= 0.3 is 0 Å². The Balaban J connectivity index is 1.90.